The summed E-state index contributed by atoms with van der Waals surface area (Å²) in [5, 5.41) is 0. The summed E-state index contributed by atoms with van der Waals surface area (Å²) in [4.78, 5) is 8.32. The SMILES string of the molecule is Cc1ncsc1CCN1C[C@@H](CN)[C@H](c2ccccc2)C1. The van der Waals surface area contributed by atoms with Crippen molar-refractivity contribution in [3.8, 4) is 0 Å². The molecule has 3 nitrogen and oxygen atoms in total. The van der Waals surface area contributed by atoms with Gasteiger partial charge < -0.3 is 10.6 Å². The van der Waals surface area contributed by atoms with E-state index in [-0.39, 0.29) is 0 Å². The highest BCUT2D eigenvalue weighted by atomic mass is 32.1. The molecule has 0 bridgehead atoms. The van der Waals surface area contributed by atoms with Crippen molar-refractivity contribution in [2.24, 2.45) is 11.7 Å². The molecule has 0 spiro atoms. The third kappa shape index (κ3) is 3.34. The van der Waals surface area contributed by atoms with Crippen LogP contribution in [-0.4, -0.2) is 36.1 Å². The number of benzene rings is 1. The summed E-state index contributed by atoms with van der Waals surface area (Å²) in [5.41, 5.74) is 10.6. The van der Waals surface area contributed by atoms with E-state index in [1.807, 2.05) is 5.51 Å². The van der Waals surface area contributed by atoms with Crippen molar-refractivity contribution in [1.29, 1.82) is 0 Å². The number of rotatable bonds is 5. The van der Waals surface area contributed by atoms with Gasteiger partial charge in [-0.15, -0.1) is 11.3 Å². The Morgan fingerprint density at radius 2 is 2.10 bits per heavy atom. The van der Waals surface area contributed by atoms with E-state index in [0.717, 1.165) is 32.6 Å². The van der Waals surface area contributed by atoms with Gasteiger partial charge in [0.05, 0.1) is 11.2 Å². The van der Waals surface area contributed by atoms with Crippen LogP contribution >= 0.6 is 11.3 Å². The maximum absolute atomic E-state index is 6.00. The van der Waals surface area contributed by atoms with Gasteiger partial charge in [-0.05, 0) is 31.4 Å². The lowest BCUT2D eigenvalue weighted by Crippen LogP contribution is -2.25. The van der Waals surface area contributed by atoms with Crippen molar-refractivity contribution >= 4 is 11.3 Å². The first-order valence-electron chi connectivity index (χ1n) is 7.64. The largest absolute Gasteiger partial charge is 0.330 e. The standard InChI is InChI=1S/C17H23N3S/c1-13-17(21-12-19-13)7-8-20-10-15(9-18)16(11-20)14-5-3-2-4-6-14/h2-6,12,15-16H,7-11,18H2,1H3/t15-,16+/m1/s1. The molecule has 2 atom stereocenters. The predicted molar refractivity (Wildman–Crippen MR) is 88.7 cm³/mol. The second-order valence-corrected chi connectivity index (χ2v) is 6.82. The van der Waals surface area contributed by atoms with Crippen LogP contribution in [0.3, 0.4) is 0 Å². The summed E-state index contributed by atoms with van der Waals surface area (Å²) >= 11 is 1.77. The first-order chi connectivity index (χ1) is 10.3. The molecule has 0 saturated carbocycles. The Labute approximate surface area is 130 Å². The maximum Gasteiger partial charge on any atom is 0.0797 e. The molecule has 1 fully saturated rings. The normalized spacial score (nSPS) is 22.8. The third-order valence-corrected chi connectivity index (χ3v) is 5.54. The molecule has 2 N–H and O–H groups in total. The molecular weight excluding hydrogens is 278 g/mol. The van der Waals surface area contributed by atoms with Gasteiger partial charge in [-0.2, -0.15) is 0 Å². The summed E-state index contributed by atoms with van der Waals surface area (Å²) < 4.78 is 0. The van der Waals surface area contributed by atoms with Crippen LogP contribution < -0.4 is 5.73 Å². The first-order valence-corrected chi connectivity index (χ1v) is 8.52. The fourth-order valence-electron chi connectivity index (χ4n) is 3.29. The lowest BCUT2D eigenvalue weighted by atomic mass is 9.89. The molecule has 1 aromatic heterocycles. The summed E-state index contributed by atoms with van der Waals surface area (Å²) in [7, 11) is 0. The number of nitrogens with two attached hydrogens (primary N) is 1. The number of aryl methyl sites for hydroxylation is 1. The van der Waals surface area contributed by atoms with Gasteiger partial charge in [0, 0.05) is 30.4 Å². The monoisotopic (exact) mass is 301 g/mol. The van der Waals surface area contributed by atoms with Gasteiger partial charge in [0.15, 0.2) is 0 Å². The van der Waals surface area contributed by atoms with Gasteiger partial charge in [0.25, 0.3) is 0 Å². The van der Waals surface area contributed by atoms with Crippen LogP contribution in [0.4, 0.5) is 0 Å². The van der Waals surface area contributed by atoms with Crippen molar-refractivity contribution < 1.29 is 0 Å². The minimum Gasteiger partial charge on any atom is -0.330 e. The summed E-state index contributed by atoms with van der Waals surface area (Å²) in [5.74, 6) is 1.16. The van der Waals surface area contributed by atoms with Gasteiger partial charge in [0.2, 0.25) is 0 Å². The summed E-state index contributed by atoms with van der Waals surface area (Å²) in [6.45, 7) is 6.24. The van der Waals surface area contributed by atoms with Gasteiger partial charge in [-0.3, -0.25) is 0 Å². The number of nitrogens with zero attached hydrogens (tertiary/aromatic N) is 2. The van der Waals surface area contributed by atoms with Gasteiger partial charge in [0.1, 0.15) is 0 Å². The summed E-state index contributed by atoms with van der Waals surface area (Å²) in [6.07, 6.45) is 1.11. The molecule has 2 aromatic rings. The fourth-order valence-corrected chi connectivity index (χ4v) is 4.06. The van der Waals surface area contributed by atoms with Crippen LogP contribution in [0.25, 0.3) is 0 Å². The first kappa shape index (κ1) is 14.7. The minimum atomic E-state index is 0.579. The Bertz CT molecular complexity index is 566. The molecule has 1 aliphatic rings. The number of hydrogen-bond acceptors (Lipinski definition) is 4. The molecule has 1 saturated heterocycles. The fraction of sp³-hybridized carbons (Fsp3) is 0.471. The number of hydrogen-bond donors (Lipinski definition) is 1. The van der Waals surface area contributed by atoms with Crippen molar-refractivity contribution in [3.05, 3.63) is 52.0 Å². The zero-order valence-corrected chi connectivity index (χ0v) is 13.4. The van der Waals surface area contributed by atoms with Crippen molar-refractivity contribution in [2.75, 3.05) is 26.2 Å². The second kappa shape index (κ2) is 6.69. The Balaban J connectivity index is 1.63. The lowest BCUT2D eigenvalue weighted by Gasteiger charge is -2.16. The summed E-state index contributed by atoms with van der Waals surface area (Å²) in [6, 6.07) is 10.8. The molecular formula is C17H23N3S. The quantitative estimate of drug-likeness (QED) is 0.923. The smallest absolute Gasteiger partial charge is 0.0797 e. The van der Waals surface area contributed by atoms with Crippen LogP contribution in [0.5, 0.6) is 0 Å². The van der Waals surface area contributed by atoms with E-state index in [4.69, 9.17) is 5.73 Å². The van der Waals surface area contributed by atoms with Crippen LogP contribution in [0.15, 0.2) is 35.8 Å². The van der Waals surface area contributed by atoms with Crippen LogP contribution in [0.1, 0.15) is 22.1 Å². The van der Waals surface area contributed by atoms with E-state index in [0.29, 0.717) is 11.8 Å². The lowest BCUT2D eigenvalue weighted by molar-refractivity contribution is 0.329. The average Bonchev–Trinajstić information content (AvgIpc) is 3.12. The highest BCUT2D eigenvalue weighted by molar-refractivity contribution is 7.09. The molecule has 0 unspecified atom stereocenters. The molecule has 4 heteroatoms. The topological polar surface area (TPSA) is 42.2 Å². The van der Waals surface area contributed by atoms with E-state index < -0.39 is 0 Å². The zero-order valence-electron chi connectivity index (χ0n) is 12.5. The van der Waals surface area contributed by atoms with Crippen LogP contribution in [0, 0.1) is 12.8 Å². The molecule has 112 valence electrons. The highest BCUT2D eigenvalue weighted by Gasteiger charge is 2.32. The van der Waals surface area contributed by atoms with Crippen molar-refractivity contribution in [1.82, 2.24) is 9.88 Å². The van der Waals surface area contributed by atoms with E-state index in [2.05, 4.69) is 47.1 Å². The van der Waals surface area contributed by atoms with E-state index in [9.17, 15) is 0 Å². The third-order valence-electron chi connectivity index (χ3n) is 4.55. The van der Waals surface area contributed by atoms with Crippen molar-refractivity contribution in [3.63, 3.8) is 0 Å². The molecule has 1 aromatic carbocycles. The van der Waals surface area contributed by atoms with Crippen molar-refractivity contribution in [2.45, 2.75) is 19.3 Å². The van der Waals surface area contributed by atoms with Gasteiger partial charge in [-0.25, -0.2) is 4.98 Å². The minimum absolute atomic E-state index is 0.579. The Morgan fingerprint density at radius 1 is 1.29 bits per heavy atom. The van der Waals surface area contributed by atoms with Gasteiger partial charge in [-0.1, -0.05) is 30.3 Å². The van der Waals surface area contributed by atoms with E-state index >= 15 is 0 Å². The Morgan fingerprint density at radius 3 is 2.76 bits per heavy atom. The number of aromatic nitrogens is 1. The molecule has 21 heavy (non-hydrogen) atoms. The van der Waals surface area contributed by atoms with Gasteiger partial charge >= 0.3 is 0 Å². The Hall–Kier alpha value is -1.23. The molecule has 1 aliphatic heterocycles. The van der Waals surface area contributed by atoms with E-state index in [1.165, 1.54) is 16.1 Å². The molecule has 0 radical (unpaired) electrons. The number of likely N-dealkylation sites (tertiary alicyclic amines) is 1. The second-order valence-electron chi connectivity index (χ2n) is 5.88. The molecule has 0 amide bonds. The zero-order chi connectivity index (χ0) is 14.7. The highest BCUT2D eigenvalue weighted by Crippen LogP contribution is 2.32. The number of thiazole rings is 1. The maximum atomic E-state index is 6.00. The van der Waals surface area contributed by atoms with E-state index in [1.54, 1.807) is 11.3 Å². The molecule has 0 aliphatic carbocycles. The molecule has 3 rings (SSSR count). The molecule has 2 heterocycles. The Kier molecular flexibility index (Phi) is 4.68. The average molecular weight is 301 g/mol. The predicted octanol–water partition coefficient (Wildman–Crippen LogP) is 2.67. The van der Waals surface area contributed by atoms with Crippen LogP contribution in [-0.2, 0) is 6.42 Å². The van der Waals surface area contributed by atoms with Crippen LogP contribution in [0.2, 0.25) is 0 Å².